The second kappa shape index (κ2) is 9.07. The number of rotatable bonds is 4. The van der Waals surface area contributed by atoms with Gasteiger partial charge in [0.15, 0.2) is 0 Å². The molecule has 0 radical (unpaired) electrons. The predicted molar refractivity (Wildman–Crippen MR) is 114 cm³/mol. The first kappa shape index (κ1) is 23.7. The van der Waals surface area contributed by atoms with Crippen LogP contribution in [-0.4, -0.2) is 57.0 Å². The molecule has 3 N–H and O–H groups in total. The fraction of sp³-hybridized carbons (Fsp3) is 0.565. The Hall–Kier alpha value is -2.56. The maximum Gasteiger partial charge on any atom is 0.411 e. The number of aliphatic hydroxyl groups excluding tert-OH is 1. The van der Waals surface area contributed by atoms with Gasteiger partial charge in [-0.3, -0.25) is 9.69 Å². The second-order valence-electron chi connectivity index (χ2n) is 9.13. The molecular formula is C23H32N2O5. The summed E-state index contributed by atoms with van der Waals surface area (Å²) in [5.41, 5.74) is -0.441. The maximum absolute atomic E-state index is 13.1. The first-order chi connectivity index (χ1) is 13.8. The molecule has 7 heteroatoms. The number of likely N-dealkylation sites (tertiary alicyclic amines) is 1. The van der Waals surface area contributed by atoms with Gasteiger partial charge in [0, 0.05) is 12.0 Å². The van der Waals surface area contributed by atoms with Crippen LogP contribution in [-0.2, 0) is 9.53 Å². The van der Waals surface area contributed by atoms with Crippen LogP contribution in [0.2, 0.25) is 0 Å². The fourth-order valence-electron chi connectivity index (χ4n) is 3.39. The second-order valence-corrected chi connectivity index (χ2v) is 9.13. The number of aliphatic hydroxyl groups is 2. The molecule has 1 aliphatic heterocycles. The lowest BCUT2D eigenvalue weighted by Gasteiger charge is -2.33. The van der Waals surface area contributed by atoms with E-state index < -0.39 is 41.4 Å². The molecular weight excluding hydrogens is 384 g/mol. The maximum atomic E-state index is 13.1. The summed E-state index contributed by atoms with van der Waals surface area (Å²) in [5.74, 6) is 5.32. The van der Waals surface area contributed by atoms with Gasteiger partial charge in [-0.1, -0.05) is 18.1 Å². The van der Waals surface area contributed by atoms with Crippen LogP contribution < -0.4 is 5.32 Å². The molecule has 30 heavy (non-hydrogen) atoms. The highest BCUT2D eigenvalue weighted by atomic mass is 16.6. The van der Waals surface area contributed by atoms with Crippen LogP contribution in [0.1, 0.15) is 65.1 Å². The molecule has 164 valence electrons. The van der Waals surface area contributed by atoms with Crippen LogP contribution >= 0.6 is 0 Å². The normalized spacial score (nSPS) is 20.2. The van der Waals surface area contributed by atoms with E-state index in [9.17, 15) is 19.8 Å². The first-order valence-corrected chi connectivity index (χ1v) is 10.0. The van der Waals surface area contributed by atoms with Gasteiger partial charge in [0.05, 0.1) is 24.3 Å². The van der Waals surface area contributed by atoms with Crippen LogP contribution in [0.3, 0.4) is 0 Å². The zero-order chi connectivity index (χ0) is 22.7. The van der Waals surface area contributed by atoms with E-state index in [-0.39, 0.29) is 13.0 Å². The van der Waals surface area contributed by atoms with Crippen molar-refractivity contribution in [1.82, 2.24) is 10.2 Å². The molecule has 7 nitrogen and oxygen atoms in total. The van der Waals surface area contributed by atoms with Crippen molar-refractivity contribution < 1.29 is 24.5 Å². The third kappa shape index (κ3) is 6.22. The lowest BCUT2D eigenvalue weighted by Crippen LogP contribution is -2.51. The van der Waals surface area contributed by atoms with E-state index in [4.69, 9.17) is 4.74 Å². The van der Waals surface area contributed by atoms with Crippen molar-refractivity contribution >= 4 is 12.0 Å². The van der Waals surface area contributed by atoms with E-state index in [2.05, 4.69) is 17.2 Å². The Morgan fingerprint density at radius 2 is 1.80 bits per heavy atom. The highest BCUT2D eigenvalue weighted by Gasteiger charge is 2.42. The average molecular weight is 417 g/mol. The van der Waals surface area contributed by atoms with Crippen molar-refractivity contribution in [2.75, 3.05) is 6.54 Å². The van der Waals surface area contributed by atoms with Gasteiger partial charge in [0.2, 0.25) is 5.91 Å². The van der Waals surface area contributed by atoms with Crippen molar-refractivity contribution in [2.24, 2.45) is 0 Å². The number of ether oxygens (including phenoxy) is 1. The number of benzene rings is 1. The number of hydrogen-bond acceptors (Lipinski definition) is 5. The molecule has 0 spiro atoms. The molecule has 1 aromatic rings. The van der Waals surface area contributed by atoms with Gasteiger partial charge in [0.1, 0.15) is 11.6 Å². The molecule has 0 saturated carbocycles. The third-order valence-corrected chi connectivity index (χ3v) is 4.72. The van der Waals surface area contributed by atoms with Gasteiger partial charge >= 0.3 is 6.09 Å². The Kier molecular flexibility index (Phi) is 7.17. The van der Waals surface area contributed by atoms with Crippen LogP contribution in [0.25, 0.3) is 0 Å². The van der Waals surface area contributed by atoms with Crippen molar-refractivity contribution in [3.05, 3.63) is 35.4 Å². The summed E-state index contributed by atoms with van der Waals surface area (Å²) in [6, 6.07) is 5.65. The molecule has 1 aliphatic rings. The van der Waals surface area contributed by atoms with Crippen LogP contribution in [0.15, 0.2) is 24.3 Å². The zero-order valence-electron chi connectivity index (χ0n) is 18.5. The lowest BCUT2D eigenvalue weighted by atomic mass is 9.91. The number of amides is 2. The summed E-state index contributed by atoms with van der Waals surface area (Å²) < 4.78 is 5.38. The SMILES string of the molecule is CC#Cc1ccc([C@@H](NC(=O)[C@@H]2C[C@@H](O)CN2C(=O)OC(C)(C)C)C(C)(C)O)cc1. The summed E-state index contributed by atoms with van der Waals surface area (Å²) in [7, 11) is 0. The first-order valence-electron chi connectivity index (χ1n) is 10.0. The number of nitrogens with one attached hydrogen (secondary N) is 1. The number of carbonyl (C=O) groups is 2. The Morgan fingerprint density at radius 1 is 1.20 bits per heavy atom. The van der Waals surface area contributed by atoms with Gasteiger partial charge in [-0.15, -0.1) is 5.92 Å². The Bertz CT molecular complexity index is 824. The van der Waals surface area contributed by atoms with E-state index in [0.717, 1.165) is 5.56 Å². The van der Waals surface area contributed by atoms with Crippen molar-refractivity contribution in [3.63, 3.8) is 0 Å². The van der Waals surface area contributed by atoms with Crippen molar-refractivity contribution in [3.8, 4) is 11.8 Å². The van der Waals surface area contributed by atoms with E-state index in [1.165, 1.54) is 4.90 Å². The summed E-state index contributed by atoms with van der Waals surface area (Å²) in [4.78, 5) is 26.8. The Labute approximate surface area is 178 Å². The Morgan fingerprint density at radius 3 is 2.30 bits per heavy atom. The monoisotopic (exact) mass is 416 g/mol. The van der Waals surface area contributed by atoms with Crippen molar-refractivity contribution in [1.29, 1.82) is 0 Å². The molecule has 0 aromatic heterocycles. The zero-order valence-corrected chi connectivity index (χ0v) is 18.5. The Balaban J connectivity index is 2.23. The minimum absolute atomic E-state index is 0.0184. The molecule has 1 heterocycles. The highest BCUT2D eigenvalue weighted by molar-refractivity contribution is 5.87. The molecule has 2 rings (SSSR count). The molecule has 0 aliphatic carbocycles. The number of nitrogens with zero attached hydrogens (tertiary/aromatic N) is 1. The number of β-amino-alcohol motifs (C(OH)–C–C–N with tert-alkyl or cyclic N) is 1. The van der Waals surface area contributed by atoms with Gasteiger partial charge < -0.3 is 20.3 Å². The number of hydrogen-bond donors (Lipinski definition) is 3. The van der Waals surface area contributed by atoms with Gasteiger partial charge in [-0.05, 0) is 59.2 Å². The van der Waals surface area contributed by atoms with E-state index in [1.54, 1.807) is 53.7 Å². The van der Waals surface area contributed by atoms with Crippen LogP contribution in [0, 0.1) is 11.8 Å². The minimum atomic E-state index is -1.26. The minimum Gasteiger partial charge on any atom is -0.444 e. The van der Waals surface area contributed by atoms with Gasteiger partial charge in [-0.25, -0.2) is 4.79 Å². The standard InChI is InChI=1S/C23H32N2O5/c1-7-8-15-9-11-16(12-10-15)19(23(5,6)29)24-20(27)18-13-17(26)14-25(18)21(28)30-22(2,3)4/h9-12,17-19,26,29H,13-14H2,1-6H3,(H,24,27)/t17-,18+,19-/m1/s1. The fourth-order valence-corrected chi connectivity index (χ4v) is 3.39. The highest BCUT2D eigenvalue weighted by Crippen LogP contribution is 2.28. The summed E-state index contributed by atoms with van der Waals surface area (Å²) >= 11 is 0. The predicted octanol–water partition coefficient (Wildman–Crippen LogP) is 2.36. The molecule has 3 atom stereocenters. The summed E-state index contributed by atoms with van der Waals surface area (Å²) in [5, 5.41) is 23.6. The topological polar surface area (TPSA) is 99.1 Å². The van der Waals surface area contributed by atoms with Crippen LogP contribution in [0.4, 0.5) is 4.79 Å². The third-order valence-electron chi connectivity index (χ3n) is 4.72. The largest absolute Gasteiger partial charge is 0.444 e. The quantitative estimate of drug-likeness (QED) is 0.655. The summed E-state index contributed by atoms with van der Waals surface area (Å²) in [6.45, 7) is 10.2. The summed E-state index contributed by atoms with van der Waals surface area (Å²) in [6.07, 6.45) is -1.36. The molecule has 1 saturated heterocycles. The molecule has 0 bridgehead atoms. The molecule has 1 aromatic carbocycles. The smallest absolute Gasteiger partial charge is 0.411 e. The van der Waals surface area contributed by atoms with Gasteiger partial charge in [-0.2, -0.15) is 0 Å². The molecule has 0 unspecified atom stereocenters. The van der Waals surface area contributed by atoms with E-state index >= 15 is 0 Å². The van der Waals surface area contributed by atoms with E-state index in [0.29, 0.717) is 5.56 Å². The van der Waals surface area contributed by atoms with Crippen molar-refractivity contribution in [2.45, 2.75) is 77.4 Å². The average Bonchev–Trinajstić information content (AvgIpc) is 3.00. The van der Waals surface area contributed by atoms with E-state index in [1.807, 2.05) is 12.1 Å². The van der Waals surface area contributed by atoms with Gasteiger partial charge in [0.25, 0.3) is 0 Å². The molecule has 1 fully saturated rings. The lowest BCUT2D eigenvalue weighted by molar-refractivity contribution is -0.128. The molecule has 2 amide bonds. The number of carbonyl (C=O) groups excluding carboxylic acids is 2. The van der Waals surface area contributed by atoms with Crippen LogP contribution in [0.5, 0.6) is 0 Å².